The molecular weight excluding hydrogens is 178 g/mol. The standard InChI is InChI=1S/C11H19NO2/c1-5-10-7-8-11(13-3,14-4)9(10)12(10)6-2/h7-9H,5-6H2,1-4H3. The molecule has 0 aromatic carbocycles. The van der Waals surface area contributed by atoms with E-state index in [1.807, 2.05) is 0 Å². The van der Waals surface area contributed by atoms with Gasteiger partial charge in [-0.15, -0.1) is 0 Å². The Bertz CT molecular complexity index is 260. The maximum absolute atomic E-state index is 5.51. The molecule has 0 aromatic heterocycles. The van der Waals surface area contributed by atoms with Crippen molar-refractivity contribution in [3.05, 3.63) is 12.2 Å². The molecule has 2 rings (SSSR count). The summed E-state index contributed by atoms with van der Waals surface area (Å²) in [6.07, 6.45) is 5.43. The molecule has 3 atom stereocenters. The SMILES string of the molecule is CCN1C2C(OC)(OC)C=CC21CC. The van der Waals surface area contributed by atoms with Crippen molar-refractivity contribution in [2.75, 3.05) is 20.8 Å². The first-order valence-electron chi connectivity index (χ1n) is 5.28. The highest BCUT2D eigenvalue weighted by Gasteiger charge is 2.71. The van der Waals surface area contributed by atoms with Crippen molar-refractivity contribution in [3.63, 3.8) is 0 Å². The van der Waals surface area contributed by atoms with Crippen LogP contribution >= 0.6 is 0 Å². The summed E-state index contributed by atoms with van der Waals surface area (Å²) in [4.78, 5) is 2.43. The van der Waals surface area contributed by atoms with Crippen LogP contribution in [-0.4, -0.2) is 43.0 Å². The molecule has 1 aliphatic heterocycles. The molecule has 1 aliphatic carbocycles. The monoisotopic (exact) mass is 197 g/mol. The van der Waals surface area contributed by atoms with Gasteiger partial charge in [0.05, 0.1) is 11.6 Å². The topological polar surface area (TPSA) is 21.5 Å². The number of hydrogen-bond acceptors (Lipinski definition) is 3. The van der Waals surface area contributed by atoms with Gasteiger partial charge in [0.1, 0.15) is 0 Å². The zero-order chi connectivity index (χ0) is 10.4. The third kappa shape index (κ3) is 0.926. The molecule has 80 valence electrons. The molecule has 0 amide bonds. The smallest absolute Gasteiger partial charge is 0.205 e. The Morgan fingerprint density at radius 3 is 2.21 bits per heavy atom. The van der Waals surface area contributed by atoms with E-state index in [1.165, 1.54) is 0 Å². The fourth-order valence-electron chi connectivity index (χ4n) is 2.94. The van der Waals surface area contributed by atoms with Gasteiger partial charge in [-0.25, -0.2) is 0 Å². The van der Waals surface area contributed by atoms with Gasteiger partial charge >= 0.3 is 0 Å². The Kier molecular flexibility index (Phi) is 2.21. The summed E-state index contributed by atoms with van der Waals surface area (Å²) in [6.45, 7) is 5.45. The van der Waals surface area contributed by atoms with Crippen molar-refractivity contribution >= 4 is 0 Å². The Morgan fingerprint density at radius 2 is 1.86 bits per heavy atom. The van der Waals surface area contributed by atoms with Gasteiger partial charge < -0.3 is 9.47 Å². The Balaban J connectivity index is 2.26. The number of fused-ring (bicyclic) bond motifs is 1. The molecule has 0 N–H and O–H groups in total. The molecule has 0 radical (unpaired) electrons. The van der Waals surface area contributed by atoms with Gasteiger partial charge in [0.25, 0.3) is 0 Å². The lowest BCUT2D eigenvalue weighted by molar-refractivity contribution is -0.173. The molecule has 3 nitrogen and oxygen atoms in total. The van der Waals surface area contributed by atoms with Crippen LogP contribution in [0, 0.1) is 0 Å². The fourth-order valence-corrected chi connectivity index (χ4v) is 2.94. The van der Waals surface area contributed by atoms with Gasteiger partial charge in [-0.2, -0.15) is 0 Å². The van der Waals surface area contributed by atoms with Crippen LogP contribution in [0.25, 0.3) is 0 Å². The van der Waals surface area contributed by atoms with Crippen molar-refractivity contribution in [2.45, 2.75) is 37.6 Å². The molecular formula is C11H19NO2. The molecule has 0 saturated carbocycles. The molecule has 1 fully saturated rings. The first kappa shape index (κ1) is 10.1. The van der Waals surface area contributed by atoms with E-state index in [0.717, 1.165) is 13.0 Å². The van der Waals surface area contributed by atoms with E-state index in [0.29, 0.717) is 6.04 Å². The van der Waals surface area contributed by atoms with Crippen LogP contribution in [0.15, 0.2) is 12.2 Å². The minimum Gasteiger partial charge on any atom is -0.348 e. The van der Waals surface area contributed by atoms with Gasteiger partial charge in [0.2, 0.25) is 5.79 Å². The van der Waals surface area contributed by atoms with E-state index in [-0.39, 0.29) is 5.54 Å². The average molecular weight is 197 g/mol. The van der Waals surface area contributed by atoms with E-state index in [1.54, 1.807) is 14.2 Å². The van der Waals surface area contributed by atoms with E-state index < -0.39 is 5.79 Å². The molecule has 0 spiro atoms. The largest absolute Gasteiger partial charge is 0.348 e. The summed E-state index contributed by atoms with van der Waals surface area (Å²) in [5.74, 6) is -0.508. The number of methoxy groups -OCH3 is 2. The number of ether oxygens (including phenoxy) is 2. The second-order valence-electron chi connectivity index (χ2n) is 4.00. The van der Waals surface area contributed by atoms with Gasteiger partial charge in [-0.1, -0.05) is 19.9 Å². The molecule has 3 heteroatoms. The fraction of sp³-hybridized carbons (Fsp3) is 0.818. The maximum atomic E-state index is 5.51. The second-order valence-corrected chi connectivity index (χ2v) is 4.00. The number of rotatable bonds is 4. The van der Waals surface area contributed by atoms with E-state index >= 15 is 0 Å². The zero-order valence-corrected chi connectivity index (χ0v) is 9.41. The van der Waals surface area contributed by atoms with E-state index in [4.69, 9.17) is 9.47 Å². The molecule has 0 aromatic rings. The van der Waals surface area contributed by atoms with Gasteiger partial charge in [0.15, 0.2) is 0 Å². The van der Waals surface area contributed by atoms with E-state index in [2.05, 4.69) is 30.9 Å². The molecule has 1 saturated heterocycles. The highest BCUT2D eigenvalue weighted by atomic mass is 16.7. The zero-order valence-electron chi connectivity index (χ0n) is 9.41. The summed E-state index contributed by atoms with van der Waals surface area (Å²) in [6, 6.07) is 0.375. The van der Waals surface area contributed by atoms with Crippen LogP contribution in [0.5, 0.6) is 0 Å². The van der Waals surface area contributed by atoms with Crippen LogP contribution < -0.4 is 0 Å². The number of likely N-dealkylation sites (N-methyl/N-ethyl adjacent to an activating group) is 1. The molecule has 1 heterocycles. The van der Waals surface area contributed by atoms with Crippen LogP contribution in [0.3, 0.4) is 0 Å². The van der Waals surface area contributed by atoms with Crippen molar-refractivity contribution in [1.82, 2.24) is 4.90 Å². The summed E-state index contributed by atoms with van der Waals surface area (Å²) < 4.78 is 11.0. The highest BCUT2D eigenvalue weighted by molar-refractivity contribution is 5.40. The third-order valence-electron chi connectivity index (χ3n) is 3.78. The number of nitrogens with zero attached hydrogens (tertiary/aromatic N) is 1. The van der Waals surface area contributed by atoms with Crippen molar-refractivity contribution in [1.29, 1.82) is 0 Å². The Morgan fingerprint density at radius 1 is 1.21 bits per heavy atom. The minimum absolute atomic E-state index is 0.209. The normalized spacial score (nSPS) is 42.6. The summed E-state index contributed by atoms with van der Waals surface area (Å²) in [5.41, 5.74) is 0.209. The first-order valence-corrected chi connectivity index (χ1v) is 5.28. The average Bonchev–Trinajstić information content (AvgIpc) is 2.79. The van der Waals surface area contributed by atoms with Crippen LogP contribution in [0.1, 0.15) is 20.3 Å². The van der Waals surface area contributed by atoms with E-state index in [9.17, 15) is 0 Å². The lowest BCUT2D eigenvalue weighted by atomic mass is 10.0. The second kappa shape index (κ2) is 3.05. The van der Waals surface area contributed by atoms with Crippen molar-refractivity contribution in [2.24, 2.45) is 0 Å². The Hall–Kier alpha value is -0.380. The molecule has 0 bridgehead atoms. The molecule has 2 aliphatic rings. The van der Waals surface area contributed by atoms with Crippen LogP contribution in [0.2, 0.25) is 0 Å². The van der Waals surface area contributed by atoms with Crippen LogP contribution in [-0.2, 0) is 9.47 Å². The predicted octanol–water partition coefficient (Wildman–Crippen LogP) is 1.40. The highest BCUT2D eigenvalue weighted by Crippen LogP contribution is 2.56. The minimum atomic E-state index is -0.508. The predicted molar refractivity (Wildman–Crippen MR) is 55.1 cm³/mol. The van der Waals surface area contributed by atoms with Crippen LogP contribution in [0.4, 0.5) is 0 Å². The molecule has 14 heavy (non-hydrogen) atoms. The summed E-state index contributed by atoms with van der Waals surface area (Å²) in [7, 11) is 3.43. The Labute approximate surface area is 85.7 Å². The van der Waals surface area contributed by atoms with Crippen molar-refractivity contribution < 1.29 is 9.47 Å². The summed E-state index contributed by atoms with van der Waals surface area (Å²) in [5, 5.41) is 0. The maximum Gasteiger partial charge on any atom is 0.205 e. The molecule has 3 unspecified atom stereocenters. The van der Waals surface area contributed by atoms with Crippen molar-refractivity contribution in [3.8, 4) is 0 Å². The quantitative estimate of drug-likeness (QED) is 0.386. The van der Waals surface area contributed by atoms with Gasteiger partial charge in [0, 0.05) is 14.2 Å². The first-order chi connectivity index (χ1) is 6.70. The van der Waals surface area contributed by atoms with Gasteiger partial charge in [-0.3, -0.25) is 4.90 Å². The third-order valence-corrected chi connectivity index (χ3v) is 3.78. The number of hydrogen-bond donors (Lipinski definition) is 0. The van der Waals surface area contributed by atoms with Gasteiger partial charge in [-0.05, 0) is 19.0 Å². The summed E-state index contributed by atoms with van der Waals surface area (Å²) >= 11 is 0. The lowest BCUT2D eigenvalue weighted by Gasteiger charge is -2.26. The lowest BCUT2D eigenvalue weighted by Crippen LogP contribution is -2.38.